The van der Waals surface area contributed by atoms with E-state index in [4.69, 9.17) is 0 Å². The molecule has 1 heterocycles. The molecule has 254 valence electrons. The minimum absolute atomic E-state index is 0.00993. The van der Waals surface area contributed by atoms with E-state index >= 15 is 4.39 Å². The maximum Gasteiger partial charge on any atom is 0.250 e. The second kappa shape index (κ2) is 16.6. The van der Waals surface area contributed by atoms with E-state index < -0.39 is 63.3 Å². The molecule has 0 aliphatic carbocycles. The van der Waals surface area contributed by atoms with Gasteiger partial charge in [0, 0.05) is 36.7 Å². The molecule has 0 spiro atoms. The number of anilines is 1. The van der Waals surface area contributed by atoms with E-state index in [1.807, 2.05) is 0 Å². The predicted octanol–water partition coefficient (Wildman–Crippen LogP) is 4.73. The molecule has 0 aliphatic heterocycles. The number of amides is 1. The molecular formula is C34H35F4N5O4S. The van der Waals surface area contributed by atoms with E-state index in [0.29, 0.717) is 11.6 Å². The summed E-state index contributed by atoms with van der Waals surface area (Å²) >= 11 is 0. The highest BCUT2D eigenvalue weighted by Gasteiger charge is 2.32. The Kier molecular flexibility index (Phi) is 12.5. The molecule has 0 aliphatic rings. The van der Waals surface area contributed by atoms with Crippen LogP contribution in [0, 0.1) is 23.3 Å². The van der Waals surface area contributed by atoms with Crippen LogP contribution < -0.4 is 15.4 Å². The summed E-state index contributed by atoms with van der Waals surface area (Å²) in [5.74, 6) is -5.10. The quantitative estimate of drug-likeness (QED) is 0.0997. The lowest BCUT2D eigenvalue weighted by Crippen LogP contribution is -2.43. The summed E-state index contributed by atoms with van der Waals surface area (Å²) in [5.41, 5.74) is 0.307. The molecule has 0 saturated carbocycles. The lowest BCUT2D eigenvalue weighted by molar-refractivity contribution is -0.117. The number of hydrogen-bond donors (Lipinski definition) is 4. The van der Waals surface area contributed by atoms with E-state index in [2.05, 4.69) is 32.0 Å². The second-order valence-electron chi connectivity index (χ2n) is 11.2. The van der Waals surface area contributed by atoms with Crippen molar-refractivity contribution >= 4 is 28.3 Å². The Hall–Kier alpha value is -4.50. The zero-order valence-electron chi connectivity index (χ0n) is 25.9. The van der Waals surface area contributed by atoms with Crippen LogP contribution in [0.15, 0.2) is 95.1 Å². The van der Waals surface area contributed by atoms with Crippen molar-refractivity contribution in [3.8, 4) is 0 Å². The van der Waals surface area contributed by atoms with Crippen molar-refractivity contribution in [1.82, 2.24) is 15.0 Å². The number of rotatable bonds is 16. The maximum atomic E-state index is 15.3. The van der Waals surface area contributed by atoms with Gasteiger partial charge in [0.05, 0.1) is 29.1 Å². The van der Waals surface area contributed by atoms with Gasteiger partial charge in [-0.25, -0.2) is 30.7 Å². The van der Waals surface area contributed by atoms with E-state index in [1.54, 1.807) is 25.1 Å². The van der Waals surface area contributed by atoms with Gasteiger partial charge in [-0.2, -0.15) is 0 Å². The third-order valence-electron chi connectivity index (χ3n) is 7.47. The first-order valence-electron chi connectivity index (χ1n) is 14.9. The molecule has 0 unspecified atom stereocenters. The van der Waals surface area contributed by atoms with Gasteiger partial charge in [-0.1, -0.05) is 30.3 Å². The summed E-state index contributed by atoms with van der Waals surface area (Å²) in [7, 11) is -3.96. The van der Waals surface area contributed by atoms with E-state index in [-0.39, 0.29) is 47.6 Å². The summed E-state index contributed by atoms with van der Waals surface area (Å²) in [5, 5.41) is 15.2. The minimum Gasteiger partial charge on any atom is -0.392 e. The molecule has 4 atom stereocenters. The van der Waals surface area contributed by atoms with Crippen molar-refractivity contribution in [3.63, 3.8) is 0 Å². The third kappa shape index (κ3) is 9.76. The van der Waals surface area contributed by atoms with Gasteiger partial charge < -0.3 is 15.7 Å². The van der Waals surface area contributed by atoms with Crippen molar-refractivity contribution in [3.05, 3.63) is 125 Å². The number of nitrogens with one attached hydrogen (secondary N) is 3. The molecule has 4 rings (SSSR count). The summed E-state index contributed by atoms with van der Waals surface area (Å²) < 4.78 is 86.4. The maximum absolute atomic E-state index is 15.3. The van der Waals surface area contributed by atoms with Gasteiger partial charge in [-0.3, -0.25) is 14.8 Å². The normalized spacial score (nSPS) is 14.1. The number of hydrogen-bond acceptors (Lipinski definition) is 7. The zero-order valence-corrected chi connectivity index (χ0v) is 26.7. The average Bonchev–Trinajstić information content (AvgIpc) is 3.03. The first kappa shape index (κ1) is 36.3. The molecule has 4 aromatic rings. The number of nitrogens with zero attached hydrogens (tertiary/aromatic N) is 2. The van der Waals surface area contributed by atoms with Crippen LogP contribution in [0.2, 0.25) is 0 Å². The lowest BCUT2D eigenvalue weighted by atomic mass is 9.84. The Labute approximate surface area is 276 Å². The average molecular weight is 686 g/mol. The number of halogens is 4. The zero-order chi connectivity index (χ0) is 34.8. The second-order valence-corrected chi connectivity index (χ2v) is 12.9. The van der Waals surface area contributed by atoms with Crippen LogP contribution in [-0.2, 0) is 21.2 Å². The molecule has 1 amide bonds. The number of aliphatic imine (C=N–C) groups is 1. The topological polar surface area (TPSA) is 133 Å². The molecule has 0 bridgehead atoms. The number of pyridine rings is 1. The Morgan fingerprint density at radius 1 is 0.917 bits per heavy atom. The Bertz CT molecular complexity index is 1790. The Balaban J connectivity index is 1.61. The van der Waals surface area contributed by atoms with Crippen LogP contribution in [0.4, 0.5) is 23.2 Å². The van der Waals surface area contributed by atoms with Crippen LogP contribution in [-0.4, -0.2) is 62.4 Å². The molecule has 48 heavy (non-hydrogen) atoms. The van der Waals surface area contributed by atoms with Crippen molar-refractivity contribution in [2.75, 3.05) is 18.4 Å². The SMILES string of the molecule is C=N[C@H](C(=O)Nc1cncc(F)c1CC[C@H](CNC[C@H](C)O)NS(=O)(=O)c1ccccc1)[C@@H](c1ccc(F)cc1)c1cc(F)cc(F)c1. The smallest absolute Gasteiger partial charge is 0.250 e. The molecule has 0 radical (unpaired) electrons. The first-order chi connectivity index (χ1) is 22.9. The number of aliphatic hydroxyl groups excluding tert-OH is 1. The molecule has 0 fully saturated rings. The fourth-order valence-electron chi connectivity index (χ4n) is 5.23. The van der Waals surface area contributed by atoms with Gasteiger partial charge in [-0.05, 0) is 74.0 Å². The highest BCUT2D eigenvalue weighted by molar-refractivity contribution is 7.89. The summed E-state index contributed by atoms with van der Waals surface area (Å²) in [6, 6.07) is 13.2. The molecule has 14 heteroatoms. The summed E-state index contributed by atoms with van der Waals surface area (Å²) in [6.45, 7) is 5.34. The van der Waals surface area contributed by atoms with Crippen molar-refractivity contribution in [2.45, 2.75) is 48.8 Å². The van der Waals surface area contributed by atoms with E-state index in [1.165, 1.54) is 30.5 Å². The number of benzene rings is 3. The lowest BCUT2D eigenvalue weighted by Gasteiger charge is -2.25. The van der Waals surface area contributed by atoms with Crippen molar-refractivity contribution in [2.24, 2.45) is 4.99 Å². The number of carbonyl (C=O) groups is 1. The van der Waals surface area contributed by atoms with Crippen LogP contribution in [0.3, 0.4) is 0 Å². The van der Waals surface area contributed by atoms with Crippen LogP contribution in [0.5, 0.6) is 0 Å². The van der Waals surface area contributed by atoms with Crippen LogP contribution in [0.25, 0.3) is 0 Å². The molecule has 1 aromatic heterocycles. The monoisotopic (exact) mass is 685 g/mol. The fourth-order valence-corrected chi connectivity index (χ4v) is 6.52. The number of carbonyl (C=O) groups excluding carboxylic acids is 1. The van der Waals surface area contributed by atoms with Crippen LogP contribution in [0.1, 0.15) is 36.0 Å². The first-order valence-corrected chi connectivity index (χ1v) is 16.4. The molecule has 3 aromatic carbocycles. The van der Waals surface area contributed by atoms with Gasteiger partial charge in [-0.15, -0.1) is 0 Å². The standard InChI is InChI=1S/C34H35F4N5O4S/c1-21(44)17-40-18-27(43-48(46,47)28-6-4-3-5-7-28)12-13-29-30(38)19-41-20-31(29)42-34(45)33(39-2)32(22-8-10-24(35)11-9-22)23-14-25(36)16-26(37)15-23/h3-11,14-16,19-21,27,32-33,40,43-44H,2,12-13,17-18H2,1H3,(H,42,45)/t21-,27+,32-,33-/m0/s1. The van der Waals surface area contributed by atoms with Gasteiger partial charge >= 0.3 is 0 Å². The highest BCUT2D eigenvalue weighted by Crippen LogP contribution is 2.32. The summed E-state index contributed by atoms with van der Waals surface area (Å²) in [6.07, 6.45) is 1.45. The van der Waals surface area contributed by atoms with E-state index in [9.17, 15) is 31.5 Å². The molecule has 4 N–H and O–H groups in total. The van der Waals surface area contributed by atoms with Gasteiger partial charge in [0.15, 0.2) is 0 Å². The molecule has 0 saturated heterocycles. The fraction of sp³-hybridized carbons (Fsp3) is 0.265. The Morgan fingerprint density at radius 3 is 2.21 bits per heavy atom. The number of aromatic nitrogens is 1. The van der Waals surface area contributed by atoms with Crippen LogP contribution >= 0.6 is 0 Å². The number of sulfonamides is 1. The molecular weight excluding hydrogens is 650 g/mol. The minimum atomic E-state index is -3.96. The number of aliphatic hydroxyl groups is 1. The van der Waals surface area contributed by atoms with E-state index in [0.717, 1.165) is 30.5 Å². The Morgan fingerprint density at radius 2 is 1.58 bits per heavy atom. The molecule has 9 nitrogen and oxygen atoms in total. The third-order valence-corrected chi connectivity index (χ3v) is 9.00. The van der Waals surface area contributed by atoms with Gasteiger partial charge in [0.25, 0.3) is 0 Å². The van der Waals surface area contributed by atoms with Crippen molar-refractivity contribution < 1.29 is 35.9 Å². The highest BCUT2D eigenvalue weighted by atomic mass is 32.2. The predicted molar refractivity (Wildman–Crippen MR) is 174 cm³/mol. The summed E-state index contributed by atoms with van der Waals surface area (Å²) in [4.78, 5) is 21.6. The van der Waals surface area contributed by atoms with Gasteiger partial charge in [0.2, 0.25) is 15.9 Å². The largest absolute Gasteiger partial charge is 0.392 e. The van der Waals surface area contributed by atoms with Gasteiger partial charge in [0.1, 0.15) is 29.3 Å². The van der Waals surface area contributed by atoms with Crippen molar-refractivity contribution in [1.29, 1.82) is 0 Å².